The van der Waals surface area contributed by atoms with Gasteiger partial charge in [0.15, 0.2) is 0 Å². The van der Waals surface area contributed by atoms with E-state index in [4.69, 9.17) is 27.5 Å². The molecule has 0 saturated heterocycles. The maximum absolute atomic E-state index is 11.8. The largest absolute Gasteiger partial charge is 0.397 e. The molecule has 7 heteroatoms. The average molecular weight is 288 g/mol. The lowest BCUT2D eigenvalue weighted by Gasteiger charge is -2.19. The maximum Gasteiger partial charge on any atom is 0.238 e. The Morgan fingerprint density at radius 3 is 2.53 bits per heavy atom. The van der Waals surface area contributed by atoms with E-state index in [1.54, 1.807) is 23.1 Å². The molecule has 0 radical (unpaired) electrons. The molecule has 0 aromatic heterocycles. The van der Waals surface area contributed by atoms with E-state index in [1.807, 2.05) is 0 Å². The molecule has 0 aliphatic rings. The number of halogens is 1. The van der Waals surface area contributed by atoms with Crippen LogP contribution in [-0.2, 0) is 4.79 Å². The summed E-state index contributed by atoms with van der Waals surface area (Å²) in [5.41, 5.74) is 6.59. The van der Waals surface area contributed by atoms with Crippen LogP contribution >= 0.6 is 11.6 Å². The summed E-state index contributed by atoms with van der Waals surface area (Å²) in [5.74, 6) is -0.282. The highest BCUT2D eigenvalue weighted by molar-refractivity contribution is 6.31. The third-order valence-corrected chi connectivity index (χ3v) is 2.72. The van der Waals surface area contributed by atoms with Crippen LogP contribution in [0.2, 0.25) is 5.02 Å². The Kier molecular flexibility index (Phi) is 6.58. The zero-order valence-electron chi connectivity index (χ0n) is 10.5. The van der Waals surface area contributed by atoms with Crippen LogP contribution in [0.4, 0.5) is 11.4 Å². The number of nitrogens with two attached hydrogens (primary N) is 1. The maximum atomic E-state index is 11.8. The zero-order valence-corrected chi connectivity index (χ0v) is 11.2. The number of carbonyl (C=O) groups is 1. The standard InChI is InChI=1S/C12H18ClN3O3/c13-9-1-2-10(14)11(7-9)15-12(19)8-16(3-5-17)4-6-18/h1-2,7,17-18H,3-6,8,14H2,(H,15,19). The molecule has 19 heavy (non-hydrogen) atoms. The van der Waals surface area contributed by atoms with E-state index in [0.717, 1.165) is 0 Å². The quantitative estimate of drug-likeness (QED) is 0.535. The van der Waals surface area contributed by atoms with Gasteiger partial charge in [0.25, 0.3) is 0 Å². The Balaban J connectivity index is 2.60. The number of carbonyl (C=O) groups excluding carboxylic acids is 1. The molecule has 0 aliphatic heterocycles. The smallest absolute Gasteiger partial charge is 0.238 e. The summed E-state index contributed by atoms with van der Waals surface area (Å²) >= 11 is 5.82. The fourth-order valence-corrected chi connectivity index (χ4v) is 1.75. The van der Waals surface area contributed by atoms with Gasteiger partial charge in [0.2, 0.25) is 5.91 Å². The first-order valence-electron chi connectivity index (χ1n) is 5.85. The Hall–Kier alpha value is -1.34. The van der Waals surface area contributed by atoms with Crippen LogP contribution in [0.5, 0.6) is 0 Å². The van der Waals surface area contributed by atoms with E-state index in [1.165, 1.54) is 0 Å². The molecule has 0 bridgehead atoms. The molecule has 0 atom stereocenters. The van der Waals surface area contributed by atoms with Crippen molar-refractivity contribution >= 4 is 28.9 Å². The predicted molar refractivity (Wildman–Crippen MR) is 75.1 cm³/mol. The van der Waals surface area contributed by atoms with Crippen LogP contribution in [-0.4, -0.2) is 53.9 Å². The van der Waals surface area contributed by atoms with Gasteiger partial charge in [-0.2, -0.15) is 0 Å². The van der Waals surface area contributed by atoms with Gasteiger partial charge in [0, 0.05) is 18.1 Å². The van der Waals surface area contributed by atoms with Crippen LogP contribution in [0.3, 0.4) is 0 Å². The van der Waals surface area contributed by atoms with Crippen LogP contribution in [0.15, 0.2) is 18.2 Å². The molecular weight excluding hydrogens is 270 g/mol. The molecule has 0 saturated carbocycles. The van der Waals surface area contributed by atoms with Gasteiger partial charge in [0.1, 0.15) is 0 Å². The van der Waals surface area contributed by atoms with E-state index in [9.17, 15) is 4.79 Å². The van der Waals surface area contributed by atoms with Crippen LogP contribution in [0, 0.1) is 0 Å². The van der Waals surface area contributed by atoms with Crippen LogP contribution < -0.4 is 11.1 Å². The second-order valence-corrected chi connectivity index (χ2v) is 4.44. The number of aliphatic hydroxyl groups excluding tert-OH is 2. The lowest BCUT2D eigenvalue weighted by Crippen LogP contribution is -2.37. The van der Waals surface area contributed by atoms with Gasteiger partial charge < -0.3 is 21.3 Å². The van der Waals surface area contributed by atoms with Crippen molar-refractivity contribution in [3.05, 3.63) is 23.2 Å². The summed E-state index contributed by atoms with van der Waals surface area (Å²) in [6.45, 7) is 0.546. The topological polar surface area (TPSA) is 98.8 Å². The van der Waals surface area contributed by atoms with Crippen LogP contribution in [0.1, 0.15) is 0 Å². The first-order valence-corrected chi connectivity index (χ1v) is 6.23. The van der Waals surface area contributed by atoms with Gasteiger partial charge in [-0.05, 0) is 18.2 Å². The molecule has 1 aromatic rings. The summed E-state index contributed by atoms with van der Waals surface area (Å²) in [6.07, 6.45) is 0. The van der Waals surface area contributed by atoms with Crippen LogP contribution in [0.25, 0.3) is 0 Å². The fourth-order valence-electron chi connectivity index (χ4n) is 1.58. The second-order valence-electron chi connectivity index (χ2n) is 4.00. The fraction of sp³-hybridized carbons (Fsp3) is 0.417. The molecule has 6 nitrogen and oxygen atoms in total. The summed E-state index contributed by atoms with van der Waals surface area (Å²) in [4.78, 5) is 13.5. The lowest BCUT2D eigenvalue weighted by atomic mass is 10.2. The molecule has 0 aliphatic carbocycles. The lowest BCUT2D eigenvalue weighted by molar-refractivity contribution is -0.117. The zero-order chi connectivity index (χ0) is 14.3. The molecule has 1 aromatic carbocycles. The number of rotatable bonds is 7. The molecule has 0 spiro atoms. The monoisotopic (exact) mass is 287 g/mol. The number of nitrogens with zero attached hydrogens (tertiary/aromatic N) is 1. The molecule has 1 rings (SSSR count). The number of hydrogen-bond donors (Lipinski definition) is 4. The number of aliphatic hydroxyl groups is 2. The molecule has 5 N–H and O–H groups in total. The Bertz CT molecular complexity index is 423. The number of nitrogens with one attached hydrogen (secondary N) is 1. The Labute approximate surface area is 116 Å². The predicted octanol–water partition coefficient (Wildman–Crippen LogP) is 0.147. The number of amides is 1. The van der Waals surface area contributed by atoms with Crippen molar-refractivity contribution < 1.29 is 15.0 Å². The van der Waals surface area contributed by atoms with Gasteiger partial charge in [-0.3, -0.25) is 9.69 Å². The minimum absolute atomic E-state index is 0.0626. The molecular formula is C12H18ClN3O3. The SMILES string of the molecule is Nc1ccc(Cl)cc1NC(=O)CN(CCO)CCO. The Morgan fingerprint density at radius 1 is 1.32 bits per heavy atom. The van der Waals surface area contributed by atoms with Crippen molar-refractivity contribution in [2.45, 2.75) is 0 Å². The number of nitrogen functional groups attached to an aromatic ring is 1. The van der Waals surface area contributed by atoms with Crippen molar-refractivity contribution in [2.24, 2.45) is 0 Å². The first kappa shape index (κ1) is 15.7. The van der Waals surface area contributed by atoms with E-state index in [2.05, 4.69) is 5.32 Å². The Morgan fingerprint density at radius 2 is 1.95 bits per heavy atom. The molecule has 1 amide bonds. The third kappa shape index (κ3) is 5.44. The molecule has 106 valence electrons. The van der Waals surface area contributed by atoms with Crippen molar-refractivity contribution in [3.8, 4) is 0 Å². The van der Waals surface area contributed by atoms with Crippen molar-refractivity contribution in [3.63, 3.8) is 0 Å². The molecule has 0 heterocycles. The normalized spacial score (nSPS) is 10.7. The van der Waals surface area contributed by atoms with E-state index >= 15 is 0 Å². The highest BCUT2D eigenvalue weighted by Gasteiger charge is 2.11. The first-order chi connectivity index (χ1) is 9.06. The van der Waals surface area contributed by atoms with Crippen molar-refractivity contribution in [1.82, 2.24) is 4.90 Å². The minimum atomic E-state index is -0.282. The van der Waals surface area contributed by atoms with Gasteiger partial charge in [-0.1, -0.05) is 11.6 Å². The van der Waals surface area contributed by atoms with Crippen molar-refractivity contribution in [1.29, 1.82) is 0 Å². The van der Waals surface area contributed by atoms with E-state index in [0.29, 0.717) is 29.5 Å². The van der Waals surface area contributed by atoms with E-state index < -0.39 is 0 Å². The summed E-state index contributed by atoms with van der Waals surface area (Å²) in [6, 6.07) is 4.81. The summed E-state index contributed by atoms with van der Waals surface area (Å²) in [7, 11) is 0. The third-order valence-electron chi connectivity index (χ3n) is 2.49. The minimum Gasteiger partial charge on any atom is -0.397 e. The second kappa shape index (κ2) is 7.96. The molecule has 0 unspecified atom stereocenters. The number of hydrogen-bond acceptors (Lipinski definition) is 5. The van der Waals surface area contributed by atoms with Crippen molar-refractivity contribution in [2.75, 3.05) is 43.9 Å². The average Bonchev–Trinajstić information content (AvgIpc) is 2.34. The highest BCUT2D eigenvalue weighted by atomic mass is 35.5. The molecule has 0 fully saturated rings. The van der Waals surface area contributed by atoms with Gasteiger partial charge in [-0.15, -0.1) is 0 Å². The van der Waals surface area contributed by atoms with Gasteiger partial charge in [-0.25, -0.2) is 0 Å². The number of benzene rings is 1. The van der Waals surface area contributed by atoms with Gasteiger partial charge in [0.05, 0.1) is 31.1 Å². The van der Waals surface area contributed by atoms with E-state index in [-0.39, 0.29) is 25.7 Å². The number of anilines is 2. The summed E-state index contributed by atoms with van der Waals surface area (Å²) in [5, 5.41) is 20.8. The summed E-state index contributed by atoms with van der Waals surface area (Å²) < 4.78 is 0. The van der Waals surface area contributed by atoms with Gasteiger partial charge >= 0.3 is 0 Å². The highest BCUT2D eigenvalue weighted by Crippen LogP contribution is 2.22.